The lowest BCUT2D eigenvalue weighted by atomic mass is 9.85. The number of carbonyl (C=O) groups is 1. The van der Waals surface area contributed by atoms with Crippen molar-refractivity contribution in [3.63, 3.8) is 0 Å². The summed E-state index contributed by atoms with van der Waals surface area (Å²) in [4.78, 5) is 19.7. The lowest BCUT2D eigenvalue weighted by Crippen LogP contribution is -2.53. The second-order valence-corrected chi connectivity index (χ2v) is 7.90. The monoisotopic (exact) mass is 366 g/mol. The fourth-order valence-corrected chi connectivity index (χ4v) is 4.80. The Morgan fingerprint density at radius 3 is 2.78 bits per heavy atom. The fourth-order valence-electron chi connectivity index (χ4n) is 4.80. The van der Waals surface area contributed by atoms with E-state index < -0.39 is 0 Å². The number of carbonyl (C=O) groups excluding carboxylic acids is 1. The molecule has 0 aliphatic carbocycles. The fraction of sp³-hybridized carbons (Fsp3) is 0.524. The Hall–Kier alpha value is -2.18. The van der Waals surface area contributed by atoms with Gasteiger partial charge in [0.2, 0.25) is 5.91 Å². The third kappa shape index (κ3) is 2.87. The average molecular weight is 366 g/mol. The predicted octanol–water partition coefficient (Wildman–Crippen LogP) is 2.22. The highest BCUT2D eigenvalue weighted by Crippen LogP contribution is 2.37. The molecule has 6 heteroatoms. The molecule has 1 aromatic heterocycles. The Bertz CT molecular complexity index is 832. The molecule has 1 spiro atoms. The van der Waals surface area contributed by atoms with Crippen molar-refractivity contribution in [1.82, 2.24) is 19.8 Å². The molecule has 0 bridgehead atoms. The zero-order valence-electron chi connectivity index (χ0n) is 15.6. The van der Waals surface area contributed by atoms with Crippen LogP contribution in [0.4, 0.5) is 0 Å². The molecule has 0 radical (unpaired) electrons. The Morgan fingerprint density at radius 1 is 1.19 bits per heavy atom. The molecule has 1 aromatic carbocycles. The summed E-state index contributed by atoms with van der Waals surface area (Å²) in [6.07, 6.45) is 7.46. The van der Waals surface area contributed by atoms with Crippen LogP contribution < -0.4 is 5.32 Å². The topological polar surface area (TPSA) is 59.4 Å². The summed E-state index contributed by atoms with van der Waals surface area (Å²) in [5, 5.41) is 3.79. The maximum atomic E-state index is 12.9. The summed E-state index contributed by atoms with van der Waals surface area (Å²) in [5.41, 5.74) is 2.32. The van der Waals surface area contributed by atoms with Crippen molar-refractivity contribution < 1.29 is 9.53 Å². The van der Waals surface area contributed by atoms with Crippen molar-refractivity contribution in [3.8, 4) is 5.69 Å². The molecule has 5 rings (SSSR count). The molecule has 3 aliphatic rings. The maximum Gasteiger partial charge on any atom is 0.225 e. The number of likely N-dealkylation sites (tertiary alicyclic amines) is 1. The number of hydrogen-bond donors (Lipinski definition) is 1. The number of para-hydroxylation sites is 1. The van der Waals surface area contributed by atoms with E-state index in [1.165, 1.54) is 11.3 Å². The first-order valence-corrected chi connectivity index (χ1v) is 10.0. The van der Waals surface area contributed by atoms with Gasteiger partial charge < -0.3 is 19.5 Å². The smallest absolute Gasteiger partial charge is 0.225 e. The van der Waals surface area contributed by atoms with E-state index in [1.54, 1.807) is 0 Å². The summed E-state index contributed by atoms with van der Waals surface area (Å²) >= 11 is 0. The molecule has 0 saturated carbocycles. The summed E-state index contributed by atoms with van der Waals surface area (Å²) < 4.78 is 7.64. The molecule has 4 heterocycles. The van der Waals surface area contributed by atoms with Gasteiger partial charge in [0.25, 0.3) is 0 Å². The number of amides is 1. The van der Waals surface area contributed by atoms with E-state index in [-0.39, 0.29) is 11.5 Å². The second kappa shape index (κ2) is 6.77. The van der Waals surface area contributed by atoms with Gasteiger partial charge in [-0.1, -0.05) is 18.2 Å². The van der Waals surface area contributed by atoms with Gasteiger partial charge in [0, 0.05) is 51.2 Å². The minimum Gasteiger partial charge on any atom is -0.381 e. The molecule has 2 saturated heterocycles. The van der Waals surface area contributed by atoms with Crippen molar-refractivity contribution in [2.24, 2.45) is 5.92 Å². The molecule has 6 nitrogen and oxygen atoms in total. The van der Waals surface area contributed by atoms with Gasteiger partial charge >= 0.3 is 0 Å². The highest BCUT2D eigenvalue weighted by molar-refractivity contribution is 5.79. The second-order valence-electron chi connectivity index (χ2n) is 7.90. The van der Waals surface area contributed by atoms with Crippen LogP contribution >= 0.6 is 0 Å². The van der Waals surface area contributed by atoms with E-state index in [0.717, 1.165) is 51.1 Å². The standard InChI is InChI=1S/C21H26N4O2/c26-19(16-5-13-27-14-6-16)24-10-7-21(8-11-24)20-22-9-12-25(20)18-4-2-1-3-17(18)15-23-21/h1-4,9,12,16,23H,5-8,10-11,13-15H2. The lowest BCUT2D eigenvalue weighted by Gasteiger charge is -2.42. The van der Waals surface area contributed by atoms with Crippen LogP contribution in [-0.4, -0.2) is 46.7 Å². The molecule has 2 aromatic rings. The molecule has 142 valence electrons. The van der Waals surface area contributed by atoms with Crippen molar-refractivity contribution in [3.05, 3.63) is 48.0 Å². The third-order valence-corrected chi connectivity index (χ3v) is 6.44. The van der Waals surface area contributed by atoms with Crippen molar-refractivity contribution >= 4 is 5.91 Å². The summed E-state index contributed by atoms with van der Waals surface area (Å²) in [7, 11) is 0. The maximum absolute atomic E-state index is 12.9. The van der Waals surface area contributed by atoms with Gasteiger partial charge in [0.05, 0.1) is 11.2 Å². The highest BCUT2D eigenvalue weighted by Gasteiger charge is 2.42. The van der Waals surface area contributed by atoms with Crippen LogP contribution in [-0.2, 0) is 21.6 Å². The van der Waals surface area contributed by atoms with Crippen LogP contribution in [0.15, 0.2) is 36.7 Å². The zero-order valence-corrected chi connectivity index (χ0v) is 15.6. The van der Waals surface area contributed by atoms with E-state index in [2.05, 4.69) is 45.2 Å². The quantitative estimate of drug-likeness (QED) is 0.841. The van der Waals surface area contributed by atoms with Gasteiger partial charge in [-0.05, 0) is 37.3 Å². The van der Waals surface area contributed by atoms with E-state index in [4.69, 9.17) is 9.72 Å². The van der Waals surface area contributed by atoms with Crippen molar-refractivity contribution in [2.75, 3.05) is 26.3 Å². The first-order chi connectivity index (χ1) is 13.3. The molecule has 2 fully saturated rings. The Balaban J connectivity index is 1.37. The van der Waals surface area contributed by atoms with Crippen LogP contribution in [0, 0.1) is 5.92 Å². The summed E-state index contributed by atoms with van der Waals surface area (Å²) in [6, 6.07) is 8.50. The molecule has 27 heavy (non-hydrogen) atoms. The van der Waals surface area contributed by atoms with Crippen molar-refractivity contribution in [1.29, 1.82) is 0 Å². The van der Waals surface area contributed by atoms with Crippen LogP contribution in [0.25, 0.3) is 5.69 Å². The number of benzene rings is 1. The number of aromatic nitrogens is 2. The number of rotatable bonds is 1. The minimum absolute atomic E-state index is 0.140. The SMILES string of the molecule is O=C(C1CCOCC1)N1CCC2(CC1)NCc1ccccc1-n1ccnc12. The number of nitrogens with zero attached hydrogens (tertiary/aromatic N) is 3. The first kappa shape index (κ1) is 17.0. The highest BCUT2D eigenvalue weighted by atomic mass is 16.5. The molecular weight excluding hydrogens is 340 g/mol. The number of piperidine rings is 1. The van der Waals surface area contributed by atoms with Gasteiger partial charge in [0.1, 0.15) is 5.82 Å². The van der Waals surface area contributed by atoms with E-state index in [1.807, 2.05) is 6.20 Å². The zero-order chi connectivity index (χ0) is 18.3. The number of fused-ring (bicyclic) bond motifs is 4. The van der Waals surface area contributed by atoms with Crippen LogP contribution in [0.2, 0.25) is 0 Å². The van der Waals surface area contributed by atoms with Crippen molar-refractivity contribution in [2.45, 2.75) is 37.8 Å². The van der Waals surface area contributed by atoms with E-state index in [0.29, 0.717) is 19.1 Å². The predicted molar refractivity (Wildman–Crippen MR) is 101 cm³/mol. The van der Waals surface area contributed by atoms with Gasteiger partial charge in [-0.2, -0.15) is 0 Å². The van der Waals surface area contributed by atoms with Gasteiger partial charge in [-0.25, -0.2) is 4.98 Å². The molecule has 3 aliphatic heterocycles. The molecular formula is C21H26N4O2. The average Bonchev–Trinajstić information content (AvgIpc) is 3.19. The van der Waals surface area contributed by atoms with Gasteiger partial charge in [0.15, 0.2) is 0 Å². The van der Waals surface area contributed by atoms with E-state index >= 15 is 0 Å². The number of ether oxygens (including phenoxy) is 1. The Kier molecular flexibility index (Phi) is 4.25. The Morgan fingerprint density at radius 2 is 1.96 bits per heavy atom. The normalized spacial score (nSPS) is 22.1. The first-order valence-electron chi connectivity index (χ1n) is 10.0. The van der Waals surface area contributed by atoms with Crippen LogP contribution in [0.1, 0.15) is 37.1 Å². The summed E-state index contributed by atoms with van der Waals surface area (Å²) in [6.45, 7) is 3.82. The largest absolute Gasteiger partial charge is 0.381 e. The summed E-state index contributed by atoms with van der Waals surface area (Å²) in [5.74, 6) is 1.53. The number of hydrogen-bond acceptors (Lipinski definition) is 4. The van der Waals surface area contributed by atoms with Crippen LogP contribution in [0.5, 0.6) is 0 Å². The third-order valence-electron chi connectivity index (χ3n) is 6.44. The van der Waals surface area contributed by atoms with E-state index in [9.17, 15) is 4.79 Å². The van der Waals surface area contributed by atoms with Gasteiger partial charge in [-0.3, -0.25) is 4.79 Å². The molecule has 1 N–H and O–H groups in total. The lowest BCUT2D eigenvalue weighted by molar-refractivity contribution is -0.140. The molecule has 0 atom stereocenters. The molecule has 0 unspecified atom stereocenters. The number of nitrogens with one attached hydrogen (secondary N) is 1. The molecule has 1 amide bonds. The minimum atomic E-state index is -0.172. The van der Waals surface area contributed by atoms with Crippen LogP contribution in [0.3, 0.4) is 0 Å². The van der Waals surface area contributed by atoms with Gasteiger partial charge in [-0.15, -0.1) is 0 Å². The Labute approximate surface area is 159 Å². The number of imidazole rings is 1.